The van der Waals surface area contributed by atoms with E-state index in [1.54, 1.807) is 12.1 Å². The largest absolute Gasteiger partial charge is 0.481 e. The molecule has 2 rings (SSSR count). The topological polar surface area (TPSA) is 78.1 Å². The highest BCUT2D eigenvalue weighted by Crippen LogP contribution is 2.16. The zero-order valence-corrected chi connectivity index (χ0v) is 10.2. The number of aldehydes is 1. The molecule has 0 aliphatic carbocycles. The van der Waals surface area contributed by atoms with Crippen LogP contribution in [0.3, 0.4) is 0 Å². The zero-order valence-electron chi connectivity index (χ0n) is 10.2. The van der Waals surface area contributed by atoms with Crippen molar-refractivity contribution in [1.82, 2.24) is 15.2 Å². The Bertz CT molecular complexity index is 551. The van der Waals surface area contributed by atoms with Crippen LogP contribution in [-0.2, 0) is 13.0 Å². The summed E-state index contributed by atoms with van der Waals surface area (Å²) in [6.07, 6.45) is 1.34. The van der Waals surface area contributed by atoms with Gasteiger partial charge in [0.1, 0.15) is 11.4 Å². The monoisotopic (exact) mass is 247 g/mol. The minimum absolute atomic E-state index is 0.124. The van der Waals surface area contributed by atoms with E-state index in [0.29, 0.717) is 30.2 Å². The molecule has 6 nitrogen and oxygen atoms in total. The fourth-order valence-corrected chi connectivity index (χ4v) is 1.40. The van der Waals surface area contributed by atoms with Crippen LogP contribution in [0.5, 0.6) is 5.75 Å². The summed E-state index contributed by atoms with van der Waals surface area (Å²) in [4.78, 5) is 14.9. The second-order valence-corrected chi connectivity index (χ2v) is 3.69. The van der Waals surface area contributed by atoms with Crippen molar-refractivity contribution in [3.63, 3.8) is 0 Å². The molecule has 0 radical (unpaired) electrons. The molecule has 2 aromatic rings. The summed E-state index contributed by atoms with van der Waals surface area (Å²) in [5.41, 5.74) is 1.03. The van der Waals surface area contributed by atoms with Crippen LogP contribution in [0.4, 0.5) is 0 Å². The van der Waals surface area contributed by atoms with E-state index < -0.39 is 0 Å². The highest BCUT2D eigenvalue weighted by atomic mass is 16.5. The first-order valence-electron chi connectivity index (χ1n) is 5.59. The minimum Gasteiger partial charge on any atom is -0.481 e. The first kappa shape index (κ1) is 12.2. The van der Waals surface area contributed by atoms with E-state index in [2.05, 4.69) is 15.2 Å². The normalized spacial score (nSPS) is 10.3. The molecular weight excluding hydrogens is 234 g/mol. The summed E-state index contributed by atoms with van der Waals surface area (Å²) in [5, 5.41) is 7.65. The Morgan fingerprint density at radius 2 is 2.11 bits per heavy atom. The van der Waals surface area contributed by atoms with Gasteiger partial charge in [-0.05, 0) is 19.1 Å². The van der Waals surface area contributed by atoms with Gasteiger partial charge in [-0.2, -0.15) is 0 Å². The minimum atomic E-state index is 0.124. The molecule has 0 amide bonds. The summed E-state index contributed by atoms with van der Waals surface area (Å²) >= 11 is 0. The number of nitrogens with zero attached hydrogens (tertiary/aromatic N) is 3. The molecule has 94 valence electrons. The van der Waals surface area contributed by atoms with Gasteiger partial charge in [-0.1, -0.05) is 6.92 Å². The van der Waals surface area contributed by atoms with Crippen LogP contribution in [-0.4, -0.2) is 21.5 Å². The van der Waals surface area contributed by atoms with E-state index in [1.165, 1.54) is 0 Å². The van der Waals surface area contributed by atoms with Crippen LogP contribution < -0.4 is 4.74 Å². The Morgan fingerprint density at radius 3 is 2.78 bits per heavy atom. The van der Waals surface area contributed by atoms with Crippen molar-refractivity contribution >= 4 is 6.29 Å². The second-order valence-electron chi connectivity index (χ2n) is 3.69. The predicted octanol–water partition coefficient (Wildman–Crippen LogP) is 1.73. The summed E-state index contributed by atoms with van der Waals surface area (Å²) in [6.45, 7) is 3.85. The lowest BCUT2D eigenvalue weighted by Crippen LogP contribution is -2.01. The van der Waals surface area contributed by atoms with Crippen LogP contribution >= 0.6 is 0 Å². The van der Waals surface area contributed by atoms with Gasteiger partial charge < -0.3 is 9.15 Å². The van der Waals surface area contributed by atoms with Gasteiger partial charge in [-0.3, -0.25) is 4.79 Å². The molecule has 0 atom stereocenters. The zero-order chi connectivity index (χ0) is 13.0. The van der Waals surface area contributed by atoms with E-state index in [1.807, 2.05) is 13.8 Å². The molecule has 0 saturated carbocycles. The molecule has 0 aliphatic heterocycles. The van der Waals surface area contributed by atoms with Gasteiger partial charge in [0.2, 0.25) is 5.89 Å². The summed E-state index contributed by atoms with van der Waals surface area (Å²) < 4.78 is 10.7. The summed E-state index contributed by atoms with van der Waals surface area (Å²) in [5.74, 6) is 1.35. The second kappa shape index (κ2) is 5.39. The van der Waals surface area contributed by atoms with Crippen LogP contribution in [0, 0.1) is 6.92 Å². The molecule has 2 heterocycles. The SMILES string of the molecule is CCc1nnc(COc2ccc(C)nc2C=O)o1. The van der Waals surface area contributed by atoms with Crippen molar-refractivity contribution in [2.75, 3.05) is 0 Å². The third kappa shape index (κ3) is 2.71. The molecule has 6 heteroatoms. The summed E-state index contributed by atoms with van der Waals surface area (Å²) in [7, 11) is 0. The number of hydrogen-bond acceptors (Lipinski definition) is 6. The Morgan fingerprint density at radius 1 is 1.33 bits per heavy atom. The van der Waals surface area contributed by atoms with E-state index in [9.17, 15) is 4.79 Å². The molecule has 0 bridgehead atoms. The number of pyridine rings is 1. The van der Waals surface area contributed by atoms with Crippen molar-refractivity contribution in [1.29, 1.82) is 0 Å². The molecule has 0 unspecified atom stereocenters. The lowest BCUT2D eigenvalue weighted by atomic mass is 10.3. The molecular formula is C12H13N3O3. The molecule has 0 aliphatic rings. The van der Waals surface area contributed by atoms with Gasteiger partial charge in [0.15, 0.2) is 12.9 Å². The van der Waals surface area contributed by atoms with Crippen molar-refractivity contribution in [3.05, 3.63) is 35.3 Å². The van der Waals surface area contributed by atoms with Gasteiger partial charge in [0, 0.05) is 12.1 Å². The van der Waals surface area contributed by atoms with Gasteiger partial charge in [0.05, 0.1) is 0 Å². The number of aromatic nitrogens is 3. The van der Waals surface area contributed by atoms with E-state index in [-0.39, 0.29) is 12.3 Å². The van der Waals surface area contributed by atoms with Gasteiger partial charge in [-0.25, -0.2) is 4.98 Å². The average molecular weight is 247 g/mol. The Labute approximate surface area is 104 Å². The third-order valence-electron chi connectivity index (χ3n) is 2.30. The first-order chi connectivity index (χ1) is 8.72. The van der Waals surface area contributed by atoms with E-state index in [4.69, 9.17) is 9.15 Å². The van der Waals surface area contributed by atoms with E-state index in [0.717, 1.165) is 5.69 Å². The fraction of sp³-hybridized carbons (Fsp3) is 0.333. The lowest BCUT2D eigenvalue weighted by molar-refractivity contribution is 0.111. The van der Waals surface area contributed by atoms with Crippen molar-refractivity contribution in [2.24, 2.45) is 0 Å². The van der Waals surface area contributed by atoms with E-state index >= 15 is 0 Å². The van der Waals surface area contributed by atoms with Crippen molar-refractivity contribution < 1.29 is 13.9 Å². The molecule has 0 saturated heterocycles. The number of rotatable bonds is 5. The molecule has 2 aromatic heterocycles. The molecule has 0 fully saturated rings. The predicted molar refractivity (Wildman–Crippen MR) is 62.4 cm³/mol. The first-order valence-corrected chi connectivity index (χ1v) is 5.59. The highest BCUT2D eigenvalue weighted by molar-refractivity contribution is 5.76. The number of carbonyl (C=O) groups is 1. The lowest BCUT2D eigenvalue weighted by Gasteiger charge is -2.05. The Balaban J connectivity index is 2.07. The molecule has 0 aromatic carbocycles. The smallest absolute Gasteiger partial charge is 0.253 e. The number of aryl methyl sites for hydroxylation is 2. The van der Waals surface area contributed by atoms with Crippen molar-refractivity contribution in [3.8, 4) is 5.75 Å². The maximum Gasteiger partial charge on any atom is 0.253 e. The average Bonchev–Trinajstić information content (AvgIpc) is 2.85. The number of hydrogen-bond donors (Lipinski definition) is 0. The standard InChI is InChI=1S/C12H13N3O3/c1-3-11-14-15-12(18-11)7-17-10-5-4-8(2)13-9(10)6-16/h4-6H,3,7H2,1-2H3. The molecule has 0 N–H and O–H groups in total. The fourth-order valence-electron chi connectivity index (χ4n) is 1.40. The van der Waals surface area contributed by atoms with Crippen LogP contribution in [0.1, 0.15) is 34.9 Å². The Kier molecular flexibility index (Phi) is 3.66. The maximum absolute atomic E-state index is 10.8. The van der Waals surface area contributed by atoms with Gasteiger partial charge >= 0.3 is 0 Å². The third-order valence-corrected chi connectivity index (χ3v) is 2.30. The molecule has 18 heavy (non-hydrogen) atoms. The van der Waals surface area contributed by atoms with Crippen molar-refractivity contribution in [2.45, 2.75) is 26.9 Å². The maximum atomic E-state index is 10.8. The summed E-state index contributed by atoms with van der Waals surface area (Å²) in [6, 6.07) is 3.47. The molecule has 0 spiro atoms. The highest BCUT2D eigenvalue weighted by Gasteiger charge is 2.08. The van der Waals surface area contributed by atoms with Crippen LogP contribution in [0.2, 0.25) is 0 Å². The quantitative estimate of drug-likeness (QED) is 0.749. The van der Waals surface area contributed by atoms with Gasteiger partial charge in [0.25, 0.3) is 5.89 Å². The number of carbonyl (C=O) groups excluding carboxylic acids is 1. The van der Waals surface area contributed by atoms with Gasteiger partial charge in [-0.15, -0.1) is 10.2 Å². The number of ether oxygens (including phenoxy) is 1. The Hall–Kier alpha value is -2.24. The van der Waals surface area contributed by atoms with Crippen LogP contribution in [0.15, 0.2) is 16.5 Å². The van der Waals surface area contributed by atoms with Crippen LogP contribution in [0.25, 0.3) is 0 Å².